The lowest BCUT2D eigenvalue weighted by Crippen LogP contribution is -2.26. The second kappa shape index (κ2) is 4.45. The maximum Gasteiger partial charge on any atom is 0.356 e. The van der Waals surface area contributed by atoms with E-state index in [1.165, 1.54) is 4.68 Å². The summed E-state index contributed by atoms with van der Waals surface area (Å²) in [6.07, 6.45) is 0. The number of H-pyrrole nitrogens is 1. The molecule has 5 nitrogen and oxygen atoms in total. The highest BCUT2D eigenvalue weighted by Crippen LogP contribution is 2.03. The molecular formula is C14H11N3O2. The van der Waals surface area contributed by atoms with Crippen molar-refractivity contribution >= 4 is 0 Å². The first-order valence-electron chi connectivity index (χ1n) is 5.82. The third kappa shape index (κ3) is 1.91. The van der Waals surface area contributed by atoms with Gasteiger partial charge in [-0.3, -0.25) is 0 Å². The number of hydrogen-bond donors (Lipinski definition) is 1. The van der Waals surface area contributed by atoms with Gasteiger partial charge in [0.15, 0.2) is 0 Å². The molecule has 0 aliphatic heterocycles. The molecule has 0 saturated carbocycles. The minimum Gasteiger partial charge on any atom is -0.246 e. The van der Waals surface area contributed by atoms with E-state index in [9.17, 15) is 9.59 Å². The van der Waals surface area contributed by atoms with Crippen LogP contribution in [0.4, 0.5) is 0 Å². The van der Waals surface area contributed by atoms with Gasteiger partial charge >= 0.3 is 11.4 Å². The van der Waals surface area contributed by atoms with Gasteiger partial charge in [-0.2, -0.15) is 0 Å². The van der Waals surface area contributed by atoms with Gasteiger partial charge in [-0.1, -0.05) is 36.4 Å². The lowest BCUT2D eigenvalue weighted by molar-refractivity contribution is 0.827. The van der Waals surface area contributed by atoms with Gasteiger partial charge in [-0.15, -0.1) is 0 Å². The van der Waals surface area contributed by atoms with Gasteiger partial charge in [0.2, 0.25) is 0 Å². The van der Waals surface area contributed by atoms with E-state index in [1.54, 1.807) is 48.5 Å². The fourth-order valence-electron chi connectivity index (χ4n) is 1.94. The van der Waals surface area contributed by atoms with Crippen molar-refractivity contribution in [3.8, 4) is 11.4 Å². The highest BCUT2D eigenvalue weighted by atomic mass is 16.2. The summed E-state index contributed by atoms with van der Waals surface area (Å²) in [6.45, 7) is 0. The molecule has 0 unspecified atom stereocenters. The molecular weight excluding hydrogens is 242 g/mol. The summed E-state index contributed by atoms with van der Waals surface area (Å²) in [5.74, 6) is 0. The fraction of sp³-hybridized carbons (Fsp3) is 0. The van der Waals surface area contributed by atoms with E-state index >= 15 is 0 Å². The standard InChI is InChI=1S/C14H11N3O2/c18-13-15-17(12-9-5-2-6-10-12)14(19)16(13)11-7-3-1-4-8-11/h1-10H,(H,15,18). The molecule has 3 rings (SSSR count). The molecule has 0 fully saturated rings. The van der Waals surface area contributed by atoms with Crippen molar-refractivity contribution in [3.05, 3.63) is 81.6 Å². The van der Waals surface area contributed by atoms with Crippen LogP contribution < -0.4 is 11.4 Å². The zero-order valence-corrected chi connectivity index (χ0v) is 9.98. The topological polar surface area (TPSA) is 59.8 Å². The van der Waals surface area contributed by atoms with Crippen molar-refractivity contribution < 1.29 is 0 Å². The van der Waals surface area contributed by atoms with Crippen LogP contribution in [0, 0.1) is 0 Å². The third-order valence-electron chi connectivity index (χ3n) is 2.82. The molecule has 0 spiro atoms. The fourth-order valence-corrected chi connectivity index (χ4v) is 1.94. The number of benzene rings is 2. The summed E-state index contributed by atoms with van der Waals surface area (Å²) >= 11 is 0. The molecule has 0 bridgehead atoms. The molecule has 19 heavy (non-hydrogen) atoms. The van der Waals surface area contributed by atoms with Crippen molar-refractivity contribution in [2.24, 2.45) is 0 Å². The van der Waals surface area contributed by atoms with E-state index in [0.29, 0.717) is 11.4 Å². The van der Waals surface area contributed by atoms with Crippen LogP contribution in [-0.4, -0.2) is 14.3 Å². The number of nitrogens with zero attached hydrogens (tertiary/aromatic N) is 2. The van der Waals surface area contributed by atoms with Crippen LogP contribution in [0.5, 0.6) is 0 Å². The maximum absolute atomic E-state index is 12.3. The van der Waals surface area contributed by atoms with E-state index in [1.807, 2.05) is 12.1 Å². The van der Waals surface area contributed by atoms with Crippen molar-refractivity contribution in [1.29, 1.82) is 0 Å². The minimum atomic E-state index is -0.458. The molecule has 5 heteroatoms. The largest absolute Gasteiger partial charge is 0.356 e. The van der Waals surface area contributed by atoms with Crippen LogP contribution in [0.3, 0.4) is 0 Å². The summed E-state index contributed by atoms with van der Waals surface area (Å²) in [4.78, 5) is 24.2. The molecule has 0 amide bonds. The molecule has 2 aromatic carbocycles. The quantitative estimate of drug-likeness (QED) is 0.748. The lowest BCUT2D eigenvalue weighted by Gasteiger charge is -1.99. The Morgan fingerprint density at radius 2 is 1.26 bits per heavy atom. The molecule has 1 N–H and O–H groups in total. The lowest BCUT2D eigenvalue weighted by atomic mass is 10.3. The molecule has 0 atom stereocenters. The van der Waals surface area contributed by atoms with Crippen LogP contribution in [0.2, 0.25) is 0 Å². The Labute approximate surface area is 108 Å². The van der Waals surface area contributed by atoms with Crippen molar-refractivity contribution in [1.82, 2.24) is 14.3 Å². The summed E-state index contributed by atoms with van der Waals surface area (Å²) in [6, 6.07) is 17.8. The number of aromatic nitrogens is 3. The Bertz CT molecular complexity index is 798. The molecule has 3 aromatic rings. The Morgan fingerprint density at radius 3 is 1.84 bits per heavy atom. The highest BCUT2D eigenvalue weighted by Gasteiger charge is 2.11. The van der Waals surface area contributed by atoms with Gasteiger partial charge in [-0.25, -0.2) is 23.9 Å². The van der Waals surface area contributed by atoms with E-state index in [0.717, 1.165) is 4.57 Å². The van der Waals surface area contributed by atoms with E-state index in [-0.39, 0.29) is 0 Å². The SMILES string of the molecule is O=c1[nH]n(-c2ccccc2)c(=O)n1-c1ccccc1. The summed E-state index contributed by atoms with van der Waals surface area (Å²) < 4.78 is 2.34. The van der Waals surface area contributed by atoms with Crippen LogP contribution in [0.1, 0.15) is 0 Å². The summed E-state index contributed by atoms with van der Waals surface area (Å²) in [5, 5.41) is 2.54. The zero-order valence-electron chi connectivity index (χ0n) is 9.98. The van der Waals surface area contributed by atoms with Crippen LogP contribution in [-0.2, 0) is 0 Å². The van der Waals surface area contributed by atoms with Gasteiger partial charge in [0.05, 0.1) is 11.4 Å². The van der Waals surface area contributed by atoms with Gasteiger partial charge < -0.3 is 0 Å². The van der Waals surface area contributed by atoms with E-state index in [2.05, 4.69) is 5.10 Å². The van der Waals surface area contributed by atoms with Crippen LogP contribution in [0.25, 0.3) is 11.4 Å². The molecule has 1 heterocycles. The Hall–Kier alpha value is -2.82. The van der Waals surface area contributed by atoms with Gasteiger partial charge in [0, 0.05) is 0 Å². The zero-order chi connectivity index (χ0) is 13.2. The van der Waals surface area contributed by atoms with Crippen LogP contribution >= 0.6 is 0 Å². The predicted molar refractivity (Wildman–Crippen MR) is 72.0 cm³/mol. The first-order valence-corrected chi connectivity index (χ1v) is 5.82. The highest BCUT2D eigenvalue weighted by molar-refractivity contribution is 5.33. The normalized spacial score (nSPS) is 10.5. The van der Waals surface area contributed by atoms with Crippen LogP contribution in [0.15, 0.2) is 70.3 Å². The summed E-state index contributed by atoms with van der Waals surface area (Å²) in [7, 11) is 0. The molecule has 0 aliphatic rings. The second-order valence-corrected chi connectivity index (χ2v) is 4.04. The molecule has 0 radical (unpaired) electrons. The van der Waals surface area contributed by atoms with Gasteiger partial charge in [0.1, 0.15) is 0 Å². The molecule has 0 aliphatic carbocycles. The van der Waals surface area contributed by atoms with Gasteiger partial charge in [0.25, 0.3) is 0 Å². The Balaban J connectivity index is 2.23. The predicted octanol–water partition coefficient (Wildman–Crippen LogP) is 1.32. The van der Waals surface area contributed by atoms with Crippen molar-refractivity contribution in [2.75, 3.05) is 0 Å². The minimum absolute atomic E-state index is 0.414. The van der Waals surface area contributed by atoms with Crippen molar-refractivity contribution in [3.63, 3.8) is 0 Å². The third-order valence-corrected chi connectivity index (χ3v) is 2.82. The summed E-state index contributed by atoms with van der Waals surface area (Å²) in [5.41, 5.74) is 0.296. The Morgan fingerprint density at radius 1 is 0.737 bits per heavy atom. The average Bonchev–Trinajstić information content (AvgIpc) is 2.76. The maximum atomic E-state index is 12.3. The van der Waals surface area contributed by atoms with E-state index < -0.39 is 11.4 Å². The molecule has 0 saturated heterocycles. The second-order valence-electron chi connectivity index (χ2n) is 4.04. The number of rotatable bonds is 2. The Kier molecular flexibility index (Phi) is 2.64. The number of nitrogens with one attached hydrogen (secondary N) is 1. The monoisotopic (exact) mass is 253 g/mol. The number of para-hydroxylation sites is 2. The molecule has 94 valence electrons. The number of aromatic amines is 1. The first kappa shape index (κ1) is 11.3. The van der Waals surface area contributed by atoms with Crippen molar-refractivity contribution in [2.45, 2.75) is 0 Å². The van der Waals surface area contributed by atoms with E-state index in [4.69, 9.17) is 0 Å². The smallest absolute Gasteiger partial charge is 0.246 e. The average molecular weight is 253 g/mol. The van der Waals surface area contributed by atoms with Gasteiger partial charge in [-0.05, 0) is 24.3 Å². The number of hydrogen-bond acceptors (Lipinski definition) is 2. The first-order chi connectivity index (χ1) is 9.27. The molecule has 1 aromatic heterocycles.